The maximum Gasteiger partial charge on any atom is 0.230 e. The standard InChI is InChI=1S/C14H20N2O2/c1-2-13-12(7-8-18-13)14(17)16-11-5-3-10(9-15)4-6-11/h3-6,12-13H,2,7-9,15H2,1H3,(H,16,17). The Morgan fingerprint density at radius 3 is 2.78 bits per heavy atom. The molecular weight excluding hydrogens is 228 g/mol. The van der Waals surface area contributed by atoms with Crippen molar-refractivity contribution in [3.63, 3.8) is 0 Å². The van der Waals surface area contributed by atoms with E-state index in [4.69, 9.17) is 10.5 Å². The number of carbonyl (C=O) groups is 1. The van der Waals surface area contributed by atoms with Crippen molar-refractivity contribution in [1.29, 1.82) is 0 Å². The number of nitrogens with one attached hydrogen (secondary N) is 1. The van der Waals surface area contributed by atoms with Gasteiger partial charge in [0.25, 0.3) is 0 Å². The maximum absolute atomic E-state index is 12.1. The van der Waals surface area contributed by atoms with Crippen molar-refractivity contribution in [2.75, 3.05) is 11.9 Å². The molecule has 0 aliphatic carbocycles. The molecule has 4 nitrogen and oxygen atoms in total. The number of hydrogen-bond donors (Lipinski definition) is 2. The van der Waals surface area contributed by atoms with Crippen LogP contribution in [0.3, 0.4) is 0 Å². The highest BCUT2D eigenvalue weighted by Gasteiger charge is 2.32. The van der Waals surface area contributed by atoms with Crippen molar-refractivity contribution in [1.82, 2.24) is 0 Å². The van der Waals surface area contributed by atoms with Gasteiger partial charge in [-0.15, -0.1) is 0 Å². The van der Waals surface area contributed by atoms with Gasteiger partial charge in [0.15, 0.2) is 0 Å². The van der Waals surface area contributed by atoms with Gasteiger partial charge < -0.3 is 15.8 Å². The lowest BCUT2D eigenvalue weighted by Crippen LogP contribution is -2.29. The Hall–Kier alpha value is -1.39. The fraction of sp³-hybridized carbons (Fsp3) is 0.500. The van der Waals surface area contributed by atoms with Crippen LogP contribution in [0.5, 0.6) is 0 Å². The Bertz CT molecular complexity index is 403. The summed E-state index contributed by atoms with van der Waals surface area (Å²) in [5.41, 5.74) is 7.41. The van der Waals surface area contributed by atoms with Gasteiger partial charge in [0, 0.05) is 18.8 Å². The second-order valence-corrected chi connectivity index (χ2v) is 4.60. The molecule has 0 bridgehead atoms. The van der Waals surface area contributed by atoms with E-state index >= 15 is 0 Å². The molecule has 1 aliphatic rings. The van der Waals surface area contributed by atoms with Gasteiger partial charge in [-0.2, -0.15) is 0 Å². The summed E-state index contributed by atoms with van der Waals surface area (Å²) in [6.45, 7) is 3.25. The zero-order valence-corrected chi connectivity index (χ0v) is 10.7. The zero-order chi connectivity index (χ0) is 13.0. The van der Waals surface area contributed by atoms with Crippen LogP contribution in [0.1, 0.15) is 25.3 Å². The van der Waals surface area contributed by atoms with E-state index < -0.39 is 0 Å². The summed E-state index contributed by atoms with van der Waals surface area (Å²) in [6.07, 6.45) is 1.75. The third-order valence-corrected chi connectivity index (χ3v) is 3.41. The third-order valence-electron chi connectivity index (χ3n) is 3.41. The van der Waals surface area contributed by atoms with Gasteiger partial charge in [0.2, 0.25) is 5.91 Å². The molecule has 18 heavy (non-hydrogen) atoms. The van der Waals surface area contributed by atoms with Crippen LogP contribution in [0.4, 0.5) is 5.69 Å². The summed E-state index contributed by atoms with van der Waals surface area (Å²) in [6, 6.07) is 7.63. The van der Waals surface area contributed by atoms with Crippen molar-refractivity contribution >= 4 is 11.6 Å². The van der Waals surface area contributed by atoms with Crippen LogP contribution in [0.15, 0.2) is 24.3 Å². The molecule has 0 aromatic heterocycles. The van der Waals surface area contributed by atoms with Crippen LogP contribution in [0.2, 0.25) is 0 Å². The molecule has 4 heteroatoms. The SMILES string of the molecule is CCC1OCCC1C(=O)Nc1ccc(CN)cc1. The Balaban J connectivity index is 1.97. The molecule has 2 rings (SSSR count). The summed E-state index contributed by atoms with van der Waals surface area (Å²) < 4.78 is 5.53. The minimum atomic E-state index is -0.0239. The summed E-state index contributed by atoms with van der Waals surface area (Å²) in [5, 5.41) is 2.94. The van der Waals surface area contributed by atoms with E-state index in [-0.39, 0.29) is 17.9 Å². The Morgan fingerprint density at radius 2 is 2.17 bits per heavy atom. The third kappa shape index (κ3) is 2.89. The van der Waals surface area contributed by atoms with Crippen LogP contribution in [-0.2, 0) is 16.1 Å². The number of hydrogen-bond acceptors (Lipinski definition) is 3. The topological polar surface area (TPSA) is 64.3 Å². The predicted octanol–water partition coefficient (Wildman–Crippen LogP) is 1.90. The predicted molar refractivity (Wildman–Crippen MR) is 71.1 cm³/mol. The number of rotatable bonds is 4. The highest BCUT2D eigenvalue weighted by atomic mass is 16.5. The summed E-state index contributed by atoms with van der Waals surface area (Å²) in [7, 11) is 0. The van der Waals surface area contributed by atoms with Crippen LogP contribution in [-0.4, -0.2) is 18.6 Å². The molecule has 1 amide bonds. The summed E-state index contributed by atoms with van der Waals surface area (Å²) in [4.78, 5) is 12.1. The Morgan fingerprint density at radius 1 is 1.44 bits per heavy atom. The van der Waals surface area contributed by atoms with Crippen molar-refractivity contribution < 1.29 is 9.53 Å². The van der Waals surface area contributed by atoms with E-state index in [1.807, 2.05) is 31.2 Å². The molecule has 0 radical (unpaired) electrons. The molecule has 2 unspecified atom stereocenters. The minimum Gasteiger partial charge on any atom is -0.377 e. The van der Waals surface area contributed by atoms with Crippen molar-refractivity contribution in [3.8, 4) is 0 Å². The monoisotopic (exact) mass is 248 g/mol. The van der Waals surface area contributed by atoms with Crippen LogP contribution in [0.25, 0.3) is 0 Å². The van der Waals surface area contributed by atoms with E-state index in [2.05, 4.69) is 5.32 Å². The van der Waals surface area contributed by atoms with Gasteiger partial charge in [0.05, 0.1) is 12.0 Å². The minimum absolute atomic E-state index is 0.0239. The van der Waals surface area contributed by atoms with Gasteiger partial charge in [-0.3, -0.25) is 4.79 Å². The first-order valence-electron chi connectivity index (χ1n) is 6.46. The van der Waals surface area contributed by atoms with Gasteiger partial charge >= 0.3 is 0 Å². The van der Waals surface area contributed by atoms with Crippen LogP contribution in [0, 0.1) is 5.92 Å². The van der Waals surface area contributed by atoms with E-state index in [0.29, 0.717) is 13.2 Å². The average molecular weight is 248 g/mol. The lowest BCUT2D eigenvalue weighted by Gasteiger charge is -2.16. The number of benzene rings is 1. The van der Waals surface area contributed by atoms with Gasteiger partial charge in [-0.1, -0.05) is 19.1 Å². The second kappa shape index (κ2) is 5.98. The van der Waals surface area contributed by atoms with Crippen molar-refractivity contribution in [2.24, 2.45) is 11.7 Å². The first-order chi connectivity index (χ1) is 8.74. The van der Waals surface area contributed by atoms with Crippen LogP contribution < -0.4 is 11.1 Å². The van der Waals surface area contributed by atoms with E-state index in [1.165, 1.54) is 0 Å². The fourth-order valence-corrected chi connectivity index (χ4v) is 2.31. The quantitative estimate of drug-likeness (QED) is 0.855. The van der Waals surface area contributed by atoms with Gasteiger partial charge in [0.1, 0.15) is 0 Å². The largest absolute Gasteiger partial charge is 0.377 e. The zero-order valence-electron chi connectivity index (χ0n) is 10.7. The molecule has 0 saturated carbocycles. The number of nitrogens with two attached hydrogens (primary N) is 1. The Kier molecular flexibility index (Phi) is 4.33. The first-order valence-corrected chi connectivity index (χ1v) is 6.46. The van der Waals surface area contributed by atoms with Crippen LogP contribution >= 0.6 is 0 Å². The van der Waals surface area contributed by atoms with Crippen molar-refractivity contribution in [3.05, 3.63) is 29.8 Å². The van der Waals surface area contributed by atoms with Gasteiger partial charge in [-0.05, 0) is 30.5 Å². The summed E-state index contributed by atoms with van der Waals surface area (Å²) in [5.74, 6) is 0.0315. The maximum atomic E-state index is 12.1. The molecule has 1 saturated heterocycles. The second-order valence-electron chi connectivity index (χ2n) is 4.60. The molecule has 98 valence electrons. The lowest BCUT2D eigenvalue weighted by atomic mass is 9.98. The molecule has 2 atom stereocenters. The highest BCUT2D eigenvalue weighted by Crippen LogP contribution is 2.24. The first kappa shape index (κ1) is 13.1. The smallest absolute Gasteiger partial charge is 0.230 e. The van der Waals surface area contributed by atoms with Crippen molar-refractivity contribution in [2.45, 2.75) is 32.4 Å². The molecule has 3 N–H and O–H groups in total. The number of ether oxygens (including phenoxy) is 1. The van der Waals surface area contributed by atoms with E-state index in [1.54, 1.807) is 0 Å². The molecule has 1 aromatic carbocycles. The molecule has 0 spiro atoms. The van der Waals surface area contributed by atoms with E-state index in [9.17, 15) is 4.79 Å². The number of carbonyl (C=O) groups excluding carboxylic acids is 1. The molecule has 1 aromatic rings. The highest BCUT2D eigenvalue weighted by molar-refractivity contribution is 5.93. The van der Waals surface area contributed by atoms with E-state index in [0.717, 1.165) is 24.1 Å². The molecule has 1 heterocycles. The number of amides is 1. The summed E-state index contributed by atoms with van der Waals surface area (Å²) >= 11 is 0. The van der Waals surface area contributed by atoms with Gasteiger partial charge in [-0.25, -0.2) is 0 Å². The fourth-order valence-electron chi connectivity index (χ4n) is 2.31. The molecule has 1 fully saturated rings. The normalized spacial score (nSPS) is 23.0. The molecular formula is C14H20N2O2. The lowest BCUT2D eigenvalue weighted by molar-refractivity contribution is -0.121. The number of anilines is 1. The average Bonchev–Trinajstić information content (AvgIpc) is 2.88. The Labute approximate surface area is 108 Å². The molecule has 1 aliphatic heterocycles.